The summed E-state index contributed by atoms with van der Waals surface area (Å²) in [5.74, 6) is -3.65. The van der Waals surface area contributed by atoms with E-state index in [-0.39, 0.29) is 90.1 Å². The zero-order chi connectivity index (χ0) is 100. The average Bonchev–Trinajstić information content (AvgIpc) is 1.61. The number of nitrogens with one attached hydrogen (secondary N) is 5. The van der Waals surface area contributed by atoms with Gasteiger partial charge in [-0.1, -0.05) is 91.4 Å². The number of carbonyl (C=O) groups excluding carboxylic acids is 4. The van der Waals surface area contributed by atoms with Crippen molar-refractivity contribution < 1.29 is 88.3 Å². The van der Waals surface area contributed by atoms with Crippen molar-refractivity contribution in [1.29, 1.82) is 0 Å². The fourth-order valence-electron chi connectivity index (χ4n) is 17.7. The van der Waals surface area contributed by atoms with E-state index in [0.29, 0.717) is 83.8 Å². The van der Waals surface area contributed by atoms with Gasteiger partial charge in [-0.05, 0) is 226 Å². The molecule has 0 bridgehead atoms. The summed E-state index contributed by atoms with van der Waals surface area (Å²) in [4.78, 5) is 93.9. The number of aromatic nitrogens is 8. The van der Waals surface area contributed by atoms with Crippen LogP contribution in [0.3, 0.4) is 0 Å². The van der Waals surface area contributed by atoms with E-state index in [0.717, 1.165) is 56.3 Å². The Morgan fingerprint density at radius 3 is 1.40 bits per heavy atom. The molecule has 0 spiro atoms. The van der Waals surface area contributed by atoms with Gasteiger partial charge in [0.25, 0.3) is 63.7 Å². The van der Waals surface area contributed by atoms with E-state index < -0.39 is 120 Å². The Morgan fingerprint density at radius 1 is 0.464 bits per heavy atom. The Bertz CT molecular complexity index is 6920. The summed E-state index contributed by atoms with van der Waals surface area (Å²) in [5, 5.41) is 1.18. The number of nitrogen functional groups attached to an aromatic ring is 1. The van der Waals surface area contributed by atoms with Crippen LogP contribution in [0.4, 0.5) is 71.3 Å². The molecule has 730 valence electrons. The number of nitrogens with zero attached hydrogens (tertiary/aromatic N) is 12. The number of rotatable bonds is 24. The number of ether oxygens (including phenoxy) is 1. The molecule has 7 N–H and O–H groups in total. The predicted octanol–water partition coefficient (Wildman–Crippen LogP) is 15.3. The number of amides is 4. The number of carbonyl (C=O) groups is 4. The molecule has 4 amide bonds. The highest BCUT2D eigenvalue weighted by Gasteiger charge is 2.47. The molecule has 5 aliphatic rings. The number of pyridine rings is 8. The number of hydrogen-bond acceptors (Lipinski definition) is 27. The second kappa shape index (κ2) is 41.0. The van der Waals surface area contributed by atoms with Crippen LogP contribution in [-0.4, -0.2) is 146 Å². The third kappa shape index (κ3) is 24.2. The molecule has 16 rings (SSSR count). The van der Waals surface area contributed by atoms with Crippen LogP contribution >= 0.6 is 9.24 Å². The smallest absolute Gasteiger partial charge is 0.416 e. The second-order valence-electron chi connectivity index (χ2n) is 36.9. The third-order valence-electron chi connectivity index (χ3n) is 24.3. The minimum atomic E-state index is -4.47. The minimum absolute atomic E-state index is 0.0153. The fraction of sp³-hybridized carbons (Fsp3) is 0.347. The predicted molar refractivity (Wildman–Crippen MR) is 510 cm³/mol. The molecule has 4 aliphatic heterocycles. The van der Waals surface area contributed by atoms with Crippen molar-refractivity contribution in [3.8, 4) is 17.1 Å². The zero-order valence-corrected chi connectivity index (χ0v) is 81.5. The van der Waals surface area contributed by atoms with E-state index in [9.17, 15) is 83.6 Å². The van der Waals surface area contributed by atoms with Gasteiger partial charge >= 0.3 is 6.18 Å². The monoisotopic (exact) mass is 2000 g/mol. The van der Waals surface area contributed by atoms with Gasteiger partial charge in [-0.15, -0.1) is 0 Å². The fourth-order valence-corrected chi connectivity index (χ4v) is 22.2. The van der Waals surface area contributed by atoms with Crippen LogP contribution < -0.4 is 59.7 Å². The molecule has 4 unspecified atom stereocenters. The number of sulfonamides is 4. The van der Waals surface area contributed by atoms with E-state index in [4.69, 9.17) is 10.5 Å². The summed E-state index contributed by atoms with van der Waals surface area (Å²) in [6.45, 7) is 25.4. The molecule has 12 heterocycles. The average molecular weight is 2000 g/mol. The van der Waals surface area contributed by atoms with E-state index in [2.05, 4.69) is 122 Å². The number of anilines is 7. The van der Waals surface area contributed by atoms with Gasteiger partial charge in [0.1, 0.15) is 58.0 Å². The van der Waals surface area contributed by atoms with Crippen molar-refractivity contribution in [3.05, 3.63) is 257 Å². The summed E-state index contributed by atoms with van der Waals surface area (Å²) in [5.41, 5.74) is 5.05. The maximum atomic E-state index is 14.0. The molecular weight excluding hydrogens is 1890 g/mol. The molecule has 5 fully saturated rings. The van der Waals surface area contributed by atoms with Crippen LogP contribution in [0.15, 0.2) is 221 Å². The summed E-state index contributed by atoms with van der Waals surface area (Å²) >= 11 is 0. The maximum Gasteiger partial charge on any atom is 0.416 e. The van der Waals surface area contributed by atoms with Crippen molar-refractivity contribution in [2.24, 2.45) is 29.6 Å². The Hall–Kier alpha value is -12.9. The van der Waals surface area contributed by atoms with Gasteiger partial charge < -0.3 is 35.4 Å². The summed E-state index contributed by atoms with van der Waals surface area (Å²) < 4.78 is 210. The van der Waals surface area contributed by atoms with Crippen LogP contribution in [0.25, 0.3) is 11.3 Å². The van der Waals surface area contributed by atoms with Crippen LogP contribution in [0, 0.1) is 52.9 Å². The Labute approximate surface area is 798 Å². The first kappa shape index (κ1) is 102. The topological polar surface area (TPSA) is 416 Å². The van der Waals surface area contributed by atoms with E-state index in [1.54, 1.807) is 54.9 Å². The molecule has 43 heteroatoms. The normalized spacial score (nSPS) is 18.1. The van der Waals surface area contributed by atoms with Gasteiger partial charge in [-0.3, -0.25) is 24.2 Å². The molecule has 3 aromatic carbocycles. The summed E-state index contributed by atoms with van der Waals surface area (Å²) in [7, 11) is -14.9. The molecule has 138 heavy (non-hydrogen) atoms. The number of halogens is 7. The Kier molecular flexibility index (Phi) is 30.5. The van der Waals surface area contributed by atoms with Gasteiger partial charge in [0.05, 0.1) is 44.6 Å². The lowest BCUT2D eigenvalue weighted by Crippen LogP contribution is -2.44. The molecule has 11 aromatic rings. The number of hydrogen-bond donors (Lipinski definition) is 6. The number of alkyl halides is 3. The van der Waals surface area contributed by atoms with E-state index >= 15 is 0 Å². The molecule has 4 saturated heterocycles. The lowest BCUT2D eigenvalue weighted by Gasteiger charge is -2.37. The quantitative estimate of drug-likeness (QED) is 0.0186. The van der Waals surface area contributed by atoms with Crippen LogP contribution in [0.2, 0.25) is 0 Å². The lowest BCUT2D eigenvalue weighted by atomic mass is 9.84. The zero-order valence-electron chi connectivity index (χ0n) is 77.0. The van der Waals surface area contributed by atoms with Crippen molar-refractivity contribution in [1.82, 2.24) is 58.8 Å². The van der Waals surface area contributed by atoms with Gasteiger partial charge in [-0.25, -0.2) is 74.8 Å². The van der Waals surface area contributed by atoms with Gasteiger partial charge in [-0.2, -0.15) is 43.4 Å². The molecule has 1 saturated carbocycles. The van der Waals surface area contributed by atoms with E-state index in [1.807, 2.05) is 47.1 Å². The first-order chi connectivity index (χ1) is 64.8. The van der Waals surface area contributed by atoms with Gasteiger partial charge in [0.2, 0.25) is 5.88 Å². The number of nitrogens with two attached hydrogens (primary N) is 1. The Morgan fingerprint density at radius 2 is 0.913 bits per heavy atom. The minimum Gasteiger partial charge on any atom is -0.473 e. The lowest BCUT2D eigenvalue weighted by molar-refractivity contribution is -0.137. The molecule has 0 radical (unpaired) electrons. The van der Waals surface area contributed by atoms with Crippen LogP contribution in [-0.2, 0) is 52.9 Å². The summed E-state index contributed by atoms with van der Waals surface area (Å²) in [6, 6.07) is 38.9. The first-order valence-corrected chi connectivity index (χ1v) is 50.4. The van der Waals surface area contributed by atoms with E-state index in [1.165, 1.54) is 135 Å². The SMILES string of the molecule is CC1(C)C(CC2CC2)CCN1c1ncccc1C(=O)NS(=O)(=O)c1cccc(N)n1.CC1CN(c2ncccc2C(=O)NS(=O)(=O)c2cccc(Nc3cc(F)c(F)cc3F)n2)C(C)(C)C1.CC1CN(c2ncccc2C(=O)NS(=O)(=O)c2cccc(OCc3ccccc3F)n2)C(C)(C)C1.C[C@@H]1CN(c2nc(-c3ccc(C(F)(F)F)cc3)ccc2C(=O)NS(=O)(=O)c2cccnc2P)C(C)(C)C1. The largest absolute Gasteiger partial charge is 0.473 e. The highest BCUT2D eigenvalue weighted by molar-refractivity contribution is 7.91. The van der Waals surface area contributed by atoms with Gasteiger partial charge in [0, 0.05) is 102 Å². The molecule has 5 atom stereocenters. The first-order valence-electron chi connectivity index (χ1n) is 43.9. The van der Waals surface area contributed by atoms with Crippen LogP contribution in [0.5, 0.6) is 5.88 Å². The van der Waals surface area contributed by atoms with Crippen molar-refractivity contribution >= 4 is 119 Å². The standard InChI is InChI=1S/C25H26F3N4O3PS.C25H27FN4O4S.C24H24F3N5O3S.C21H27N5O3S/c1-15-13-24(2,3)32(14-15)21-18(22(33)31-37(34,35)20-5-4-12-29-23(20)36)10-11-19(30-21)16-6-8-17(9-7-16)25(26,27)28;1-17-14-25(2,3)30(15-17)23-19(9-7-13-27-23)24(31)29-35(32,33)22-12-6-11-21(28-22)34-16-18-8-4-5-10-20(18)26;1-14-12-24(2,3)32(13-14)22-15(6-5-9-28-22)23(33)31-36(34,35)21-8-4-7-20(30-21)29-19-11-17(26)16(25)10-18(19)27;1-21(2)15(13-14-8-9-14)10-12-26(21)19-16(5-4-11-23-19)20(27)25-30(28,29)18-7-3-6-17(22)24-18/h4-12,15H,13-14,36H2,1-3H3,(H,31,33);4-13,17H,14-16H2,1-3H3,(H,29,31);4-11,14H,12-13H2,1-3H3,(H,29,30)(H,31,33);3-7,11,14-15H,8-10,12-13H2,1-2H3,(H2,22,24)(H,25,27)/t15-;;;/m0.../s1. The van der Waals surface area contributed by atoms with Crippen LogP contribution in [0.1, 0.15) is 174 Å². The Balaban J connectivity index is 0.000000156. The molecular formula is C95H104F7N18O13PS4. The number of benzene rings is 3. The highest BCUT2D eigenvalue weighted by Crippen LogP contribution is 2.48. The summed E-state index contributed by atoms with van der Waals surface area (Å²) in [6.07, 6.45) is 9.16. The molecule has 8 aromatic heterocycles. The highest BCUT2D eigenvalue weighted by atomic mass is 32.2. The maximum absolute atomic E-state index is 14.0. The third-order valence-corrected chi connectivity index (χ3v) is 30.0. The van der Waals surface area contributed by atoms with Crippen molar-refractivity contribution in [2.45, 2.75) is 176 Å². The van der Waals surface area contributed by atoms with Gasteiger partial charge in [0.15, 0.2) is 26.7 Å². The van der Waals surface area contributed by atoms with Crippen molar-refractivity contribution in [3.63, 3.8) is 0 Å². The van der Waals surface area contributed by atoms with Crippen molar-refractivity contribution in [2.75, 3.05) is 56.8 Å². The second-order valence-corrected chi connectivity index (χ2v) is 44.0. The molecule has 31 nitrogen and oxygen atoms in total. The molecule has 1 aliphatic carbocycles.